The molecule has 0 amide bonds. The summed E-state index contributed by atoms with van der Waals surface area (Å²) in [6.45, 7) is 4.26. The minimum absolute atomic E-state index is 0.462. The molecule has 1 fully saturated rings. The summed E-state index contributed by atoms with van der Waals surface area (Å²) >= 11 is 0. The highest BCUT2D eigenvalue weighted by Gasteiger charge is 2.20. The molecule has 0 radical (unpaired) electrons. The molecule has 0 spiro atoms. The Hall–Kier alpha value is -2.26. The Morgan fingerprint density at radius 1 is 0.913 bits per heavy atom. The zero-order valence-electron chi connectivity index (χ0n) is 13.4. The molecular weight excluding hydrogens is 282 g/mol. The van der Waals surface area contributed by atoms with Gasteiger partial charge in [-0.3, -0.25) is 0 Å². The van der Waals surface area contributed by atoms with Crippen molar-refractivity contribution in [3.05, 3.63) is 59.9 Å². The molecule has 3 heteroatoms. The first-order chi connectivity index (χ1) is 11.3. The average Bonchev–Trinajstić information content (AvgIpc) is 2.62. The molecule has 0 bridgehead atoms. The minimum Gasteiger partial charge on any atom is -0.317 e. The number of nitrogens with one attached hydrogen (secondary N) is 1. The van der Waals surface area contributed by atoms with E-state index < -0.39 is 0 Å². The zero-order chi connectivity index (χ0) is 15.6. The van der Waals surface area contributed by atoms with Gasteiger partial charge in [0.2, 0.25) is 0 Å². The van der Waals surface area contributed by atoms with Crippen LogP contribution in [-0.4, -0.2) is 23.1 Å². The highest BCUT2D eigenvalue weighted by molar-refractivity contribution is 5.93. The van der Waals surface area contributed by atoms with E-state index in [1.807, 2.05) is 0 Å². The SMILES string of the molecule is Cc1ccccc1-c1nc(C2CCNCC2)nc2ccccc12. The Bertz CT molecular complexity index is 835. The Morgan fingerprint density at radius 2 is 1.65 bits per heavy atom. The maximum Gasteiger partial charge on any atom is 0.132 e. The standard InChI is InChI=1S/C20H21N3/c1-14-6-2-3-7-16(14)19-17-8-4-5-9-18(17)22-20(23-19)15-10-12-21-13-11-15/h2-9,15,21H,10-13H2,1H3. The second-order valence-electron chi connectivity index (χ2n) is 6.29. The molecule has 1 aliphatic heterocycles. The first-order valence-electron chi connectivity index (χ1n) is 8.36. The van der Waals surface area contributed by atoms with Gasteiger partial charge < -0.3 is 5.32 Å². The molecule has 0 saturated carbocycles. The maximum absolute atomic E-state index is 5.02. The molecule has 1 saturated heterocycles. The first kappa shape index (κ1) is 14.3. The summed E-state index contributed by atoms with van der Waals surface area (Å²) < 4.78 is 0. The number of aromatic nitrogens is 2. The molecule has 0 atom stereocenters. The smallest absolute Gasteiger partial charge is 0.132 e. The lowest BCUT2D eigenvalue weighted by molar-refractivity contribution is 0.446. The van der Waals surface area contributed by atoms with Gasteiger partial charge in [-0.1, -0.05) is 42.5 Å². The fraction of sp³-hybridized carbons (Fsp3) is 0.300. The number of rotatable bonds is 2. The Balaban J connectivity index is 1.92. The number of piperidine rings is 1. The van der Waals surface area contributed by atoms with E-state index in [9.17, 15) is 0 Å². The number of fused-ring (bicyclic) bond motifs is 1. The Kier molecular flexibility index (Phi) is 3.80. The molecule has 1 aliphatic rings. The van der Waals surface area contributed by atoms with Gasteiger partial charge in [-0.05, 0) is 44.5 Å². The van der Waals surface area contributed by atoms with Gasteiger partial charge in [-0.25, -0.2) is 9.97 Å². The van der Waals surface area contributed by atoms with Crippen LogP contribution in [0.4, 0.5) is 0 Å². The number of hydrogen-bond acceptors (Lipinski definition) is 3. The van der Waals surface area contributed by atoms with Crippen LogP contribution in [0.15, 0.2) is 48.5 Å². The topological polar surface area (TPSA) is 37.8 Å². The van der Waals surface area contributed by atoms with Gasteiger partial charge in [0.25, 0.3) is 0 Å². The molecule has 3 nitrogen and oxygen atoms in total. The summed E-state index contributed by atoms with van der Waals surface area (Å²) in [5, 5.41) is 4.56. The van der Waals surface area contributed by atoms with Crippen LogP contribution in [0.5, 0.6) is 0 Å². The third-order valence-corrected chi connectivity index (χ3v) is 4.73. The Labute approximate surface area is 136 Å². The van der Waals surface area contributed by atoms with E-state index in [1.165, 1.54) is 11.1 Å². The molecule has 2 aromatic carbocycles. The van der Waals surface area contributed by atoms with Crippen molar-refractivity contribution in [1.29, 1.82) is 0 Å². The Morgan fingerprint density at radius 3 is 2.48 bits per heavy atom. The van der Waals surface area contributed by atoms with Crippen molar-refractivity contribution in [2.45, 2.75) is 25.7 Å². The van der Waals surface area contributed by atoms with E-state index in [0.717, 1.165) is 48.4 Å². The number of para-hydroxylation sites is 1. The summed E-state index contributed by atoms with van der Waals surface area (Å²) in [5.74, 6) is 1.46. The van der Waals surface area contributed by atoms with Gasteiger partial charge >= 0.3 is 0 Å². The quantitative estimate of drug-likeness (QED) is 0.775. The van der Waals surface area contributed by atoms with Gasteiger partial charge in [0.15, 0.2) is 0 Å². The lowest BCUT2D eigenvalue weighted by Gasteiger charge is -2.22. The van der Waals surface area contributed by atoms with Gasteiger partial charge in [-0.2, -0.15) is 0 Å². The largest absolute Gasteiger partial charge is 0.317 e. The monoisotopic (exact) mass is 303 g/mol. The highest BCUT2D eigenvalue weighted by Crippen LogP contribution is 2.31. The number of hydrogen-bond donors (Lipinski definition) is 1. The van der Waals surface area contributed by atoms with Crippen molar-refractivity contribution in [2.75, 3.05) is 13.1 Å². The molecule has 0 unspecified atom stereocenters. The fourth-order valence-corrected chi connectivity index (χ4v) is 3.40. The summed E-state index contributed by atoms with van der Waals surface area (Å²) in [6.07, 6.45) is 2.23. The lowest BCUT2D eigenvalue weighted by Crippen LogP contribution is -2.27. The molecule has 1 N–H and O–H groups in total. The highest BCUT2D eigenvalue weighted by atomic mass is 14.9. The number of aryl methyl sites for hydroxylation is 1. The van der Waals surface area contributed by atoms with Gasteiger partial charge in [0.05, 0.1) is 11.2 Å². The third-order valence-electron chi connectivity index (χ3n) is 4.73. The maximum atomic E-state index is 5.02. The van der Waals surface area contributed by atoms with Crippen LogP contribution in [0.1, 0.15) is 30.1 Å². The molecule has 2 heterocycles. The third kappa shape index (κ3) is 2.73. The van der Waals surface area contributed by atoms with Gasteiger partial charge in [-0.15, -0.1) is 0 Å². The van der Waals surface area contributed by atoms with Crippen LogP contribution in [0, 0.1) is 6.92 Å². The van der Waals surface area contributed by atoms with Crippen molar-refractivity contribution in [2.24, 2.45) is 0 Å². The number of nitrogens with zero attached hydrogens (tertiary/aromatic N) is 2. The minimum atomic E-state index is 0.462. The first-order valence-corrected chi connectivity index (χ1v) is 8.36. The van der Waals surface area contributed by atoms with Crippen molar-refractivity contribution < 1.29 is 0 Å². The molecule has 116 valence electrons. The average molecular weight is 303 g/mol. The number of benzene rings is 2. The van der Waals surface area contributed by atoms with E-state index in [0.29, 0.717) is 5.92 Å². The molecule has 3 aromatic rings. The molecule has 1 aromatic heterocycles. The van der Waals surface area contributed by atoms with Gasteiger partial charge in [0.1, 0.15) is 5.82 Å². The van der Waals surface area contributed by atoms with E-state index in [2.05, 4.69) is 60.8 Å². The summed E-state index contributed by atoms with van der Waals surface area (Å²) in [5.41, 5.74) is 4.59. The predicted molar refractivity (Wildman–Crippen MR) is 94.6 cm³/mol. The van der Waals surface area contributed by atoms with E-state index in [-0.39, 0.29) is 0 Å². The molecule has 0 aliphatic carbocycles. The van der Waals surface area contributed by atoms with Crippen molar-refractivity contribution in [3.63, 3.8) is 0 Å². The zero-order valence-corrected chi connectivity index (χ0v) is 13.4. The van der Waals surface area contributed by atoms with Crippen molar-refractivity contribution in [1.82, 2.24) is 15.3 Å². The van der Waals surface area contributed by atoms with Crippen molar-refractivity contribution in [3.8, 4) is 11.3 Å². The summed E-state index contributed by atoms with van der Waals surface area (Å²) in [7, 11) is 0. The van der Waals surface area contributed by atoms with Crippen LogP contribution < -0.4 is 5.32 Å². The van der Waals surface area contributed by atoms with Crippen LogP contribution >= 0.6 is 0 Å². The summed E-state index contributed by atoms with van der Waals surface area (Å²) in [6, 6.07) is 16.8. The fourth-order valence-electron chi connectivity index (χ4n) is 3.40. The van der Waals surface area contributed by atoms with E-state index >= 15 is 0 Å². The molecular formula is C20H21N3. The molecule has 4 rings (SSSR count). The van der Waals surface area contributed by atoms with Crippen molar-refractivity contribution >= 4 is 10.9 Å². The van der Waals surface area contributed by atoms with E-state index in [1.54, 1.807) is 0 Å². The second kappa shape index (κ2) is 6.09. The van der Waals surface area contributed by atoms with Gasteiger partial charge in [0, 0.05) is 16.9 Å². The van der Waals surface area contributed by atoms with Crippen LogP contribution in [0.2, 0.25) is 0 Å². The normalized spacial score (nSPS) is 15.9. The van der Waals surface area contributed by atoms with Crippen LogP contribution in [-0.2, 0) is 0 Å². The molecule has 23 heavy (non-hydrogen) atoms. The summed E-state index contributed by atoms with van der Waals surface area (Å²) in [4.78, 5) is 9.89. The second-order valence-corrected chi connectivity index (χ2v) is 6.29. The van der Waals surface area contributed by atoms with E-state index in [4.69, 9.17) is 9.97 Å². The van der Waals surface area contributed by atoms with Crippen LogP contribution in [0.3, 0.4) is 0 Å². The van der Waals surface area contributed by atoms with Crippen LogP contribution in [0.25, 0.3) is 22.2 Å². The lowest BCUT2D eigenvalue weighted by atomic mass is 9.96. The predicted octanol–water partition coefficient (Wildman–Crippen LogP) is 4.07.